The third-order valence-corrected chi connectivity index (χ3v) is 5.22. The minimum absolute atomic E-state index is 0.0124. The summed E-state index contributed by atoms with van der Waals surface area (Å²) >= 11 is 0. The second-order valence-electron chi connectivity index (χ2n) is 7.45. The van der Waals surface area contributed by atoms with Gasteiger partial charge in [-0.25, -0.2) is 0 Å². The molecular weight excluding hydrogens is 372 g/mol. The molecule has 0 atom stereocenters. The highest BCUT2D eigenvalue weighted by molar-refractivity contribution is 6.05. The standard InChI is InChI=1S/C21H22N4O4/c26-20(14-6-7-14)22-16-4-3-5-17(13-16)23-21(27)15-8-9-18(19(12-15)25(28)29)24-10-1-2-11-24/h3-5,8-9,12-14H,1-2,6-7,10-11H2,(H,22,26)(H,23,27). The van der Waals surface area contributed by atoms with Crippen LogP contribution < -0.4 is 15.5 Å². The second kappa shape index (κ2) is 7.90. The van der Waals surface area contributed by atoms with E-state index < -0.39 is 10.8 Å². The third kappa shape index (κ3) is 4.37. The fourth-order valence-corrected chi connectivity index (χ4v) is 3.50. The molecule has 1 saturated heterocycles. The van der Waals surface area contributed by atoms with Crippen molar-refractivity contribution in [3.05, 3.63) is 58.1 Å². The smallest absolute Gasteiger partial charge is 0.293 e. The maximum absolute atomic E-state index is 12.6. The monoisotopic (exact) mass is 394 g/mol. The van der Waals surface area contributed by atoms with Gasteiger partial charge in [0.05, 0.1) is 4.92 Å². The molecule has 1 aliphatic carbocycles. The van der Waals surface area contributed by atoms with Gasteiger partial charge in [-0.2, -0.15) is 0 Å². The molecule has 2 fully saturated rings. The fraction of sp³-hybridized carbons (Fsp3) is 0.333. The van der Waals surface area contributed by atoms with Gasteiger partial charge >= 0.3 is 0 Å². The molecular formula is C21H22N4O4. The lowest BCUT2D eigenvalue weighted by Crippen LogP contribution is -2.20. The van der Waals surface area contributed by atoms with Crippen LogP contribution in [0.2, 0.25) is 0 Å². The van der Waals surface area contributed by atoms with E-state index in [1.807, 2.05) is 4.90 Å². The van der Waals surface area contributed by atoms with Crippen LogP contribution in [0.25, 0.3) is 0 Å². The quantitative estimate of drug-likeness (QED) is 0.573. The molecule has 2 aromatic rings. The number of nitrogens with zero attached hydrogens (tertiary/aromatic N) is 2. The van der Waals surface area contributed by atoms with Crippen molar-refractivity contribution in [2.24, 2.45) is 5.92 Å². The molecule has 0 radical (unpaired) electrons. The zero-order valence-electron chi connectivity index (χ0n) is 15.9. The minimum Gasteiger partial charge on any atom is -0.366 e. The van der Waals surface area contributed by atoms with Crippen molar-refractivity contribution in [3.63, 3.8) is 0 Å². The number of nitro groups is 1. The van der Waals surface area contributed by atoms with Crippen molar-refractivity contribution in [1.82, 2.24) is 0 Å². The Morgan fingerprint density at radius 2 is 1.69 bits per heavy atom. The van der Waals surface area contributed by atoms with Gasteiger partial charge in [-0.15, -0.1) is 0 Å². The summed E-state index contributed by atoms with van der Waals surface area (Å²) in [4.78, 5) is 37.6. The van der Waals surface area contributed by atoms with Crippen LogP contribution in [0.1, 0.15) is 36.0 Å². The Morgan fingerprint density at radius 1 is 1.00 bits per heavy atom. The molecule has 1 aliphatic heterocycles. The van der Waals surface area contributed by atoms with Crippen LogP contribution in [-0.4, -0.2) is 29.8 Å². The Kier molecular flexibility index (Phi) is 5.16. The Morgan fingerprint density at radius 3 is 2.34 bits per heavy atom. The highest BCUT2D eigenvalue weighted by Gasteiger charge is 2.29. The van der Waals surface area contributed by atoms with Gasteiger partial charge < -0.3 is 15.5 Å². The van der Waals surface area contributed by atoms with Crippen LogP contribution in [-0.2, 0) is 4.79 Å². The maximum atomic E-state index is 12.6. The molecule has 150 valence electrons. The van der Waals surface area contributed by atoms with E-state index in [0.29, 0.717) is 17.1 Å². The van der Waals surface area contributed by atoms with Crippen molar-refractivity contribution >= 4 is 34.6 Å². The van der Waals surface area contributed by atoms with Crippen LogP contribution >= 0.6 is 0 Å². The molecule has 2 N–H and O–H groups in total. The molecule has 0 unspecified atom stereocenters. The lowest BCUT2D eigenvalue weighted by molar-refractivity contribution is -0.384. The van der Waals surface area contributed by atoms with Crippen molar-refractivity contribution in [2.75, 3.05) is 28.6 Å². The number of carbonyl (C=O) groups is 2. The summed E-state index contributed by atoms with van der Waals surface area (Å²) in [6, 6.07) is 11.4. The lowest BCUT2D eigenvalue weighted by Gasteiger charge is -2.17. The van der Waals surface area contributed by atoms with Crippen molar-refractivity contribution in [3.8, 4) is 0 Å². The van der Waals surface area contributed by atoms with Crippen molar-refractivity contribution in [2.45, 2.75) is 25.7 Å². The molecule has 0 bridgehead atoms. The molecule has 8 heteroatoms. The predicted molar refractivity (Wildman–Crippen MR) is 110 cm³/mol. The number of carbonyl (C=O) groups excluding carboxylic acids is 2. The van der Waals surface area contributed by atoms with E-state index in [-0.39, 0.29) is 23.1 Å². The van der Waals surface area contributed by atoms with E-state index in [1.54, 1.807) is 36.4 Å². The first-order chi connectivity index (χ1) is 14.0. The van der Waals surface area contributed by atoms with Crippen LogP contribution in [0.15, 0.2) is 42.5 Å². The second-order valence-corrected chi connectivity index (χ2v) is 7.45. The van der Waals surface area contributed by atoms with Crippen LogP contribution in [0.3, 0.4) is 0 Å². The lowest BCUT2D eigenvalue weighted by atomic mass is 10.1. The third-order valence-electron chi connectivity index (χ3n) is 5.22. The number of benzene rings is 2. The van der Waals surface area contributed by atoms with E-state index in [2.05, 4.69) is 10.6 Å². The predicted octanol–water partition coefficient (Wildman–Crippen LogP) is 3.80. The largest absolute Gasteiger partial charge is 0.366 e. The average molecular weight is 394 g/mol. The van der Waals surface area contributed by atoms with Gasteiger partial charge in [0.15, 0.2) is 0 Å². The van der Waals surface area contributed by atoms with Gasteiger partial charge in [-0.1, -0.05) is 6.07 Å². The number of nitro benzene ring substituents is 1. The van der Waals surface area contributed by atoms with Crippen LogP contribution in [0.4, 0.5) is 22.7 Å². The van der Waals surface area contributed by atoms with Gasteiger partial charge in [0, 0.05) is 42.0 Å². The normalized spacial score (nSPS) is 15.8. The van der Waals surface area contributed by atoms with Gasteiger partial charge in [0.2, 0.25) is 5.91 Å². The molecule has 1 saturated carbocycles. The average Bonchev–Trinajstić information content (AvgIpc) is 3.42. The van der Waals surface area contributed by atoms with E-state index in [4.69, 9.17) is 0 Å². The highest BCUT2D eigenvalue weighted by Crippen LogP contribution is 2.32. The summed E-state index contributed by atoms with van der Waals surface area (Å²) in [5.41, 5.74) is 1.82. The first-order valence-corrected chi connectivity index (χ1v) is 9.77. The van der Waals surface area contributed by atoms with Crippen molar-refractivity contribution in [1.29, 1.82) is 0 Å². The molecule has 8 nitrogen and oxygen atoms in total. The Hall–Kier alpha value is -3.42. The van der Waals surface area contributed by atoms with E-state index in [0.717, 1.165) is 38.8 Å². The molecule has 0 aromatic heterocycles. The zero-order chi connectivity index (χ0) is 20.4. The van der Waals surface area contributed by atoms with Crippen molar-refractivity contribution < 1.29 is 14.5 Å². The van der Waals surface area contributed by atoms with Gasteiger partial charge in [-0.05, 0) is 56.0 Å². The summed E-state index contributed by atoms with van der Waals surface area (Å²) in [5, 5.41) is 17.1. The minimum atomic E-state index is -0.446. The fourth-order valence-electron chi connectivity index (χ4n) is 3.50. The number of hydrogen-bond donors (Lipinski definition) is 2. The highest BCUT2D eigenvalue weighted by atomic mass is 16.6. The summed E-state index contributed by atoms with van der Waals surface area (Å²) in [5.74, 6) is -0.365. The molecule has 29 heavy (non-hydrogen) atoms. The van der Waals surface area contributed by atoms with E-state index in [9.17, 15) is 19.7 Å². The van der Waals surface area contributed by atoms with Crippen LogP contribution in [0.5, 0.6) is 0 Å². The molecule has 1 heterocycles. The van der Waals surface area contributed by atoms with E-state index >= 15 is 0 Å². The number of hydrogen-bond acceptors (Lipinski definition) is 5. The Labute approximate surface area is 168 Å². The molecule has 2 aliphatic rings. The van der Waals surface area contributed by atoms with E-state index in [1.165, 1.54) is 6.07 Å². The van der Waals surface area contributed by atoms with Gasteiger partial charge in [0.25, 0.3) is 11.6 Å². The molecule has 4 rings (SSSR count). The summed E-state index contributed by atoms with van der Waals surface area (Å²) in [6.45, 7) is 1.57. The van der Waals surface area contributed by atoms with Gasteiger partial charge in [-0.3, -0.25) is 19.7 Å². The number of anilines is 3. The number of rotatable bonds is 6. The Balaban J connectivity index is 1.50. The Bertz CT molecular complexity index is 965. The molecule has 0 spiro atoms. The van der Waals surface area contributed by atoms with Crippen LogP contribution in [0, 0.1) is 16.0 Å². The summed E-state index contributed by atoms with van der Waals surface area (Å²) in [6.07, 6.45) is 3.84. The zero-order valence-corrected chi connectivity index (χ0v) is 15.9. The number of nitrogens with one attached hydrogen (secondary N) is 2. The molecule has 2 aromatic carbocycles. The summed E-state index contributed by atoms with van der Waals surface area (Å²) < 4.78 is 0. The summed E-state index contributed by atoms with van der Waals surface area (Å²) in [7, 11) is 0. The van der Waals surface area contributed by atoms with Gasteiger partial charge in [0.1, 0.15) is 5.69 Å². The first kappa shape index (κ1) is 18.9. The molecule has 2 amide bonds. The SMILES string of the molecule is O=C(Nc1cccc(NC(=O)C2CC2)c1)c1ccc(N2CCCC2)c([N+](=O)[O-])c1. The first-order valence-electron chi connectivity index (χ1n) is 9.77. The number of amides is 2. The maximum Gasteiger partial charge on any atom is 0.293 e. The topological polar surface area (TPSA) is 105 Å².